The first-order valence-electron chi connectivity index (χ1n) is 4.58. The molecule has 2 rings (SSSR count). The van der Waals surface area contributed by atoms with E-state index in [1.165, 1.54) is 0 Å². The Morgan fingerprint density at radius 1 is 1.64 bits per heavy atom. The van der Waals surface area contributed by atoms with E-state index in [0.29, 0.717) is 25.6 Å². The molecule has 1 aliphatic rings. The predicted octanol–water partition coefficient (Wildman–Crippen LogP) is 1.11. The average molecular weight is 196 g/mol. The first kappa shape index (κ1) is 9.27. The standard InChI is InChI=1S/C10H12O4/c1-2-13-9(11)10(6-12-7-10)8-4-3-5-14-8/h3-5H,2,6-7H2,1H3. The van der Waals surface area contributed by atoms with Crippen LogP contribution in [0.25, 0.3) is 0 Å². The highest BCUT2D eigenvalue weighted by Gasteiger charge is 2.51. The van der Waals surface area contributed by atoms with E-state index in [1.54, 1.807) is 25.3 Å². The summed E-state index contributed by atoms with van der Waals surface area (Å²) in [4.78, 5) is 11.7. The lowest BCUT2D eigenvalue weighted by atomic mass is 9.83. The molecule has 1 aromatic heterocycles. The number of rotatable bonds is 3. The monoisotopic (exact) mass is 196 g/mol. The molecule has 1 aromatic rings. The molecule has 0 saturated carbocycles. The summed E-state index contributed by atoms with van der Waals surface area (Å²) in [6.07, 6.45) is 1.55. The molecule has 76 valence electrons. The Morgan fingerprint density at radius 3 is 2.86 bits per heavy atom. The van der Waals surface area contributed by atoms with Crippen LogP contribution < -0.4 is 0 Å². The molecule has 0 bridgehead atoms. The predicted molar refractivity (Wildman–Crippen MR) is 47.8 cm³/mol. The fourth-order valence-electron chi connectivity index (χ4n) is 1.49. The number of carbonyl (C=O) groups excluding carboxylic acids is 1. The highest BCUT2D eigenvalue weighted by atomic mass is 16.6. The van der Waals surface area contributed by atoms with Crippen LogP contribution in [0.5, 0.6) is 0 Å². The van der Waals surface area contributed by atoms with Crippen molar-refractivity contribution in [1.29, 1.82) is 0 Å². The van der Waals surface area contributed by atoms with E-state index in [4.69, 9.17) is 13.9 Å². The Bertz CT molecular complexity index is 311. The van der Waals surface area contributed by atoms with Crippen LogP contribution in [-0.2, 0) is 19.7 Å². The first-order valence-corrected chi connectivity index (χ1v) is 4.58. The molecule has 0 spiro atoms. The molecule has 0 unspecified atom stereocenters. The van der Waals surface area contributed by atoms with Crippen LogP contribution in [0.3, 0.4) is 0 Å². The first-order chi connectivity index (χ1) is 6.79. The lowest BCUT2D eigenvalue weighted by Crippen LogP contribution is -2.53. The minimum absolute atomic E-state index is 0.263. The molecule has 14 heavy (non-hydrogen) atoms. The van der Waals surface area contributed by atoms with Gasteiger partial charge in [-0.25, -0.2) is 0 Å². The van der Waals surface area contributed by atoms with Gasteiger partial charge in [0.15, 0.2) is 5.41 Å². The molecule has 1 saturated heterocycles. The van der Waals surface area contributed by atoms with E-state index in [2.05, 4.69) is 0 Å². The number of esters is 1. The van der Waals surface area contributed by atoms with Crippen LogP contribution in [-0.4, -0.2) is 25.8 Å². The average Bonchev–Trinajstić information content (AvgIpc) is 2.56. The molecule has 1 aliphatic heterocycles. The Kier molecular flexibility index (Phi) is 2.29. The maximum Gasteiger partial charge on any atom is 0.324 e. The van der Waals surface area contributed by atoms with Crippen LogP contribution >= 0.6 is 0 Å². The van der Waals surface area contributed by atoms with E-state index in [1.807, 2.05) is 0 Å². The highest BCUT2D eigenvalue weighted by molar-refractivity contribution is 5.83. The molecule has 0 aliphatic carbocycles. The molecule has 0 amide bonds. The van der Waals surface area contributed by atoms with Crippen molar-refractivity contribution in [3.63, 3.8) is 0 Å². The Morgan fingerprint density at radius 2 is 2.43 bits per heavy atom. The van der Waals surface area contributed by atoms with Gasteiger partial charge in [-0.2, -0.15) is 0 Å². The molecule has 1 fully saturated rings. The summed E-state index contributed by atoms with van der Waals surface area (Å²) in [7, 11) is 0. The summed E-state index contributed by atoms with van der Waals surface area (Å²) in [5.41, 5.74) is -0.695. The molecule has 4 nitrogen and oxygen atoms in total. The summed E-state index contributed by atoms with van der Waals surface area (Å²) in [5, 5.41) is 0. The van der Waals surface area contributed by atoms with Gasteiger partial charge in [0.25, 0.3) is 0 Å². The zero-order valence-corrected chi connectivity index (χ0v) is 7.99. The SMILES string of the molecule is CCOC(=O)C1(c2ccco2)COC1. The largest absolute Gasteiger partial charge is 0.468 e. The Balaban J connectivity index is 2.22. The van der Waals surface area contributed by atoms with Gasteiger partial charge in [-0.3, -0.25) is 4.79 Å². The van der Waals surface area contributed by atoms with Gasteiger partial charge in [0.1, 0.15) is 5.76 Å². The zero-order valence-electron chi connectivity index (χ0n) is 7.99. The van der Waals surface area contributed by atoms with Gasteiger partial charge < -0.3 is 13.9 Å². The van der Waals surface area contributed by atoms with E-state index >= 15 is 0 Å². The topological polar surface area (TPSA) is 48.7 Å². The number of ether oxygens (including phenoxy) is 2. The van der Waals surface area contributed by atoms with Crippen molar-refractivity contribution in [3.05, 3.63) is 24.2 Å². The molecule has 0 aromatic carbocycles. The van der Waals surface area contributed by atoms with Crippen molar-refractivity contribution in [2.24, 2.45) is 0 Å². The number of hydrogen-bond acceptors (Lipinski definition) is 4. The van der Waals surface area contributed by atoms with E-state index in [0.717, 1.165) is 0 Å². The van der Waals surface area contributed by atoms with Gasteiger partial charge in [-0.1, -0.05) is 0 Å². The molecule has 4 heteroatoms. The lowest BCUT2D eigenvalue weighted by Gasteiger charge is -2.36. The van der Waals surface area contributed by atoms with Gasteiger partial charge in [-0.15, -0.1) is 0 Å². The maximum atomic E-state index is 11.7. The fraction of sp³-hybridized carbons (Fsp3) is 0.500. The Hall–Kier alpha value is -1.29. The zero-order chi connectivity index (χ0) is 10.0. The molecule has 0 radical (unpaired) electrons. The van der Waals surface area contributed by atoms with E-state index < -0.39 is 5.41 Å². The maximum absolute atomic E-state index is 11.7. The second-order valence-corrected chi connectivity index (χ2v) is 3.27. The van der Waals surface area contributed by atoms with Crippen LogP contribution in [0.4, 0.5) is 0 Å². The minimum atomic E-state index is -0.695. The molecule has 0 N–H and O–H groups in total. The van der Waals surface area contributed by atoms with Gasteiger partial charge >= 0.3 is 5.97 Å². The quantitative estimate of drug-likeness (QED) is 0.679. The molecular weight excluding hydrogens is 184 g/mol. The molecular formula is C10H12O4. The second kappa shape index (κ2) is 3.46. The van der Waals surface area contributed by atoms with Crippen molar-refractivity contribution < 1.29 is 18.7 Å². The van der Waals surface area contributed by atoms with E-state index in [-0.39, 0.29) is 5.97 Å². The van der Waals surface area contributed by atoms with Crippen LogP contribution in [0, 0.1) is 0 Å². The van der Waals surface area contributed by atoms with Gasteiger partial charge in [0.05, 0.1) is 26.1 Å². The van der Waals surface area contributed by atoms with Crippen molar-refractivity contribution in [1.82, 2.24) is 0 Å². The van der Waals surface area contributed by atoms with Crippen molar-refractivity contribution in [2.75, 3.05) is 19.8 Å². The number of carbonyl (C=O) groups is 1. The van der Waals surface area contributed by atoms with Crippen LogP contribution in [0.15, 0.2) is 22.8 Å². The van der Waals surface area contributed by atoms with Gasteiger partial charge in [0, 0.05) is 0 Å². The third kappa shape index (κ3) is 1.23. The summed E-state index contributed by atoms with van der Waals surface area (Å²) >= 11 is 0. The lowest BCUT2D eigenvalue weighted by molar-refractivity contribution is -0.171. The minimum Gasteiger partial charge on any atom is -0.468 e. The summed E-state index contributed by atoms with van der Waals surface area (Å²) in [6.45, 7) is 2.85. The number of furan rings is 1. The normalized spacial score (nSPS) is 18.6. The molecule has 0 atom stereocenters. The summed E-state index contributed by atoms with van der Waals surface area (Å²) in [5.74, 6) is 0.364. The smallest absolute Gasteiger partial charge is 0.324 e. The third-order valence-corrected chi connectivity index (χ3v) is 2.36. The number of hydrogen-bond donors (Lipinski definition) is 0. The van der Waals surface area contributed by atoms with Crippen molar-refractivity contribution in [3.8, 4) is 0 Å². The third-order valence-electron chi connectivity index (χ3n) is 2.36. The van der Waals surface area contributed by atoms with Crippen molar-refractivity contribution in [2.45, 2.75) is 12.3 Å². The second-order valence-electron chi connectivity index (χ2n) is 3.27. The highest BCUT2D eigenvalue weighted by Crippen LogP contribution is 2.33. The van der Waals surface area contributed by atoms with Crippen LogP contribution in [0.1, 0.15) is 12.7 Å². The summed E-state index contributed by atoms with van der Waals surface area (Å²) in [6, 6.07) is 3.54. The van der Waals surface area contributed by atoms with Crippen molar-refractivity contribution >= 4 is 5.97 Å². The fourth-order valence-corrected chi connectivity index (χ4v) is 1.49. The van der Waals surface area contributed by atoms with Crippen LogP contribution in [0.2, 0.25) is 0 Å². The Labute approximate surface area is 81.8 Å². The summed E-state index contributed by atoms with van der Waals surface area (Å²) < 4.78 is 15.3. The van der Waals surface area contributed by atoms with E-state index in [9.17, 15) is 4.79 Å². The molecule has 2 heterocycles. The van der Waals surface area contributed by atoms with Gasteiger partial charge in [0.2, 0.25) is 0 Å². The van der Waals surface area contributed by atoms with Gasteiger partial charge in [-0.05, 0) is 19.1 Å².